The molecule has 0 saturated carbocycles. The Morgan fingerprint density at radius 3 is 2.18 bits per heavy atom. The highest BCUT2D eigenvalue weighted by molar-refractivity contribution is 6.76. The number of ether oxygens (including phenoxy) is 3. The van der Waals surface area contributed by atoms with Crippen molar-refractivity contribution in [3.05, 3.63) is 93.4 Å². The largest absolute Gasteiger partial charge is 0.497 e. The molecule has 0 aliphatic carbocycles. The second-order valence-corrected chi connectivity index (χ2v) is 19.3. The molecule has 0 radical (unpaired) electrons. The van der Waals surface area contributed by atoms with Gasteiger partial charge in [-0.1, -0.05) is 56.0 Å². The van der Waals surface area contributed by atoms with Crippen molar-refractivity contribution in [1.29, 1.82) is 0 Å². The van der Waals surface area contributed by atoms with Gasteiger partial charge in [0.2, 0.25) is 5.91 Å². The van der Waals surface area contributed by atoms with Crippen LogP contribution in [0.15, 0.2) is 65.6 Å². The first kappa shape index (κ1) is 35.7. The molecule has 0 aliphatic rings. The third-order valence-corrected chi connectivity index (χ3v) is 8.98. The molecule has 1 heterocycles. The lowest BCUT2D eigenvalue weighted by Crippen LogP contribution is -2.39. The summed E-state index contributed by atoms with van der Waals surface area (Å²) in [5, 5.41) is 2.76. The number of methoxy groups -OCH3 is 1. The lowest BCUT2D eigenvalue weighted by molar-refractivity contribution is -0.158. The number of anilines is 1. The highest BCUT2D eigenvalue weighted by Crippen LogP contribution is 2.23. The molecule has 0 aliphatic heterocycles. The summed E-state index contributed by atoms with van der Waals surface area (Å²) in [5.41, 5.74) is 8.74. The molecule has 1 amide bonds. The SMILES string of the molecule is COc1ccc(Cn2ccc(C)c(NC(=O)[C@@H](N)Cc3ccc([C@@H](COCC[Si](C)(C)C)C(=O)OC(C)(C)C)cc3)c2=O)cc1. The fourth-order valence-electron chi connectivity index (χ4n) is 4.57. The van der Waals surface area contributed by atoms with E-state index in [1.54, 1.807) is 30.9 Å². The Morgan fingerprint density at radius 2 is 1.60 bits per heavy atom. The Kier molecular flexibility index (Phi) is 12.3. The van der Waals surface area contributed by atoms with E-state index in [-0.39, 0.29) is 30.2 Å². The lowest BCUT2D eigenvalue weighted by atomic mass is 9.96. The van der Waals surface area contributed by atoms with Gasteiger partial charge >= 0.3 is 5.97 Å². The number of nitrogens with one attached hydrogen (secondary N) is 1. The number of benzene rings is 2. The average Bonchev–Trinajstić information content (AvgIpc) is 2.96. The van der Waals surface area contributed by atoms with E-state index < -0.39 is 31.5 Å². The van der Waals surface area contributed by atoms with Crippen LogP contribution in [0.4, 0.5) is 5.69 Å². The molecule has 3 aromatic rings. The maximum absolute atomic E-state index is 13.3. The summed E-state index contributed by atoms with van der Waals surface area (Å²) >= 11 is 0. The van der Waals surface area contributed by atoms with E-state index >= 15 is 0 Å². The summed E-state index contributed by atoms with van der Waals surface area (Å²) in [4.78, 5) is 39.4. The van der Waals surface area contributed by atoms with E-state index in [0.717, 1.165) is 28.5 Å². The molecular formula is C35H49N3O6Si. The summed E-state index contributed by atoms with van der Waals surface area (Å²) in [6.45, 7) is 15.3. The fourth-order valence-corrected chi connectivity index (χ4v) is 5.33. The van der Waals surface area contributed by atoms with Gasteiger partial charge in [-0.15, -0.1) is 0 Å². The number of esters is 1. The molecule has 0 spiro atoms. The first-order valence-electron chi connectivity index (χ1n) is 15.3. The molecule has 10 heteroatoms. The zero-order chi connectivity index (χ0) is 33.4. The summed E-state index contributed by atoms with van der Waals surface area (Å²) in [6.07, 6.45) is 1.96. The van der Waals surface area contributed by atoms with Crippen LogP contribution >= 0.6 is 0 Å². The number of pyridine rings is 1. The Labute approximate surface area is 268 Å². The molecule has 0 bridgehead atoms. The maximum Gasteiger partial charge on any atom is 0.316 e. The van der Waals surface area contributed by atoms with Crippen LogP contribution in [0.5, 0.6) is 5.75 Å². The summed E-state index contributed by atoms with van der Waals surface area (Å²) in [7, 11) is 0.333. The Hall–Kier alpha value is -3.73. The van der Waals surface area contributed by atoms with Crippen molar-refractivity contribution in [2.24, 2.45) is 5.73 Å². The molecule has 3 rings (SSSR count). The number of hydrogen-bond acceptors (Lipinski definition) is 7. The number of nitrogens with zero attached hydrogens (tertiary/aromatic N) is 1. The van der Waals surface area contributed by atoms with Gasteiger partial charge in [0.25, 0.3) is 5.56 Å². The first-order valence-corrected chi connectivity index (χ1v) is 19.1. The summed E-state index contributed by atoms with van der Waals surface area (Å²) in [5.74, 6) is -0.631. The Bertz CT molecular complexity index is 1490. The highest BCUT2D eigenvalue weighted by atomic mass is 28.3. The normalized spacial score (nSPS) is 13.2. The van der Waals surface area contributed by atoms with Gasteiger partial charge in [-0.2, -0.15) is 0 Å². The number of rotatable bonds is 14. The van der Waals surface area contributed by atoms with Crippen molar-refractivity contribution < 1.29 is 23.8 Å². The molecule has 9 nitrogen and oxygen atoms in total. The van der Waals surface area contributed by atoms with Crippen molar-refractivity contribution in [2.75, 3.05) is 25.6 Å². The van der Waals surface area contributed by atoms with Crippen LogP contribution in [-0.2, 0) is 32.0 Å². The maximum atomic E-state index is 13.3. The topological polar surface area (TPSA) is 122 Å². The minimum absolute atomic E-state index is 0.205. The molecule has 3 N–H and O–H groups in total. The number of carbonyl (C=O) groups is 2. The summed E-state index contributed by atoms with van der Waals surface area (Å²) < 4.78 is 18.4. The Balaban J connectivity index is 1.68. The van der Waals surface area contributed by atoms with Crippen molar-refractivity contribution in [2.45, 2.75) is 83.9 Å². The van der Waals surface area contributed by atoms with E-state index in [1.807, 2.05) is 69.3 Å². The zero-order valence-electron chi connectivity index (χ0n) is 27.9. The highest BCUT2D eigenvalue weighted by Gasteiger charge is 2.28. The monoisotopic (exact) mass is 635 g/mol. The van der Waals surface area contributed by atoms with E-state index in [4.69, 9.17) is 19.9 Å². The van der Waals surface area contributed by atoms with Gasteiger partial charge in [-0.3, -0.25) is 14.4 Å². The Morgan fingerprint density at radius 1 is 0.978 bits per heavy atom. The third kappa shape index (κ3) is 11.3. The first-order chi connectivity index (χ1) is 21.1. The summed E-state index contributed by atoms with van der Waals surface area (Å²) in [6, 6.07) is 16.8. The van der Waals surface area contributed by atoms with Crippen LogP contribution in [0.3, 0.4) is 0 Å². The molecule has 2 atom stereocenters. The van der Waals surface area contributed by atoms with Gasteiger partial charge in [0.05, 0.1) is 26.3 Å². The number of amides is 1. The molecule has 0 saturated heterocycles. The van der Waals surface area contributed by atoms with Gasteiger partial charge in [0.15, 0.2) is 0 Å². The quantitative estimate of drug-likeness (QED) is 0.136. The fraction of sp³-hybridized carbons (Fsp3) is 0.457. The van der Waals surface area contributed by atoms with Gasteiger partial charge in [0.1, 0.15) is 23.0 Å². The molecule has 0 unspecified atom stereocenters. The van der Waals surface area contributed by atoms with Crippen molar-refractivity contribution >= 4 is 25.6 Å². The van der Waals surface area contributed by atoms with Gasteiger partial charge in [-0.05, 0) is 80.6 Å². The van der Waals surface area contributed by atoms with E-state index in [0.29, 0.717) is 18.7 Å². The van der Waals surface area contributed by atoms with Crippen LogP contribution < -0.4 is 21.3 Å². The smallest absolute Gasteiger partial charge is 0.316 e. The molecule has 1 aromatic heterocycles. The third-order valence-electron chi connectivity index (χ3n) is 7.28. The van der Waals surface area contributed by atoms with Crippen LogP contribution in [0.1, 0.15) is 48.9 Å². The van der Waals surface area contributed by atoms with E-state index in [2.05, 4.69) is 25.0 Å². The minimum atomic E-state index is -1.27. The van der Waals surface area contributed by atoms with Crippen LogP contribution in [0, 0.1) is 6.92 Å². The number of aryl methyl sites for hydroxylation is 1. The predicted molar refractivity (Wildman–Crippen MR) is 182 cm³/mol. The number of aromatic nitrogens is 1. The molecule has 0 fully saturated rings. The van der Waals surface area contributed by atoms with Gasteiger partial charge in [0, 0.05) is 20.9 Å². The van der Waals surface area contributed by atoms with Crippen molar-refractivity contribution in [3.8, 4) is 5.75 Å². The molecular weight excluding hydrogens is 586 g/mol. The molecule has 45 heavy (non-hydrogen) atoms. The zero-order valence-corrected chi connectivity index (χ0v) is 28.9. The van der Waals surface area contributed by atoms with Crippen LogP contribution in [0.2, 0.25) is 25.7 Å². The number of nitrogens with two attached hydrogens (primary N) is 1. The van der Waals surface area contributed by atoms with Crippen LogP contribution in [-0.4, -0.2) is 56.5 Å². The number of hydrogen-bond donors (Lipinski definition) is 2. The van der Waals surface area contributed by atoms with E-state index in [1.165, 1.54) is 0 Å². The second-order valence-electron chi connectivity index (χ2n) is 13.7. The van der Waals surface area contributed by atoms with Crippen molar-refractivity contribution in [3.63, 3.8) is 0 Å². The van der Waals surface area contributed by atoms with E-state index in [9.17, 15) is 14.4 Å². The minimum Gasteiger partial charge on any atom is -0.497 e. The van der Waals surface area contributed by atoms with Crippen LogP contribution in [0.25, 0.3) is 0 Å². The van der Waals surface area contributed by atoms with Crippen molar-refractivity contribution in [1.82, 2.24) is 4.57 Å². The van der Waals surface area contributed by atoms with Gasteiger partial charge < -0.3 is 29.8 Å². The molecule has 244 valence electrons. The second kappa shape index (κ2) is 15.5. The molecule has 2 aromatic carbocycles. The predicted octanol–water partition coefficient (Wildman–Crippen LogP) is 5.50. The lowest BCUT2D eigenvalue weighted by Gasteiger charge is -2.25. The average molecular weight is 636 g/mol. The number of carbonyl (C=O) groups excluding carboxylic acids is 2. The van der Waals surface area contributed by atoms with Gasteiger partial charge in [-0.25, -0.2) is 0 Å². The standard InChI is InChI=1S/C35H49N3O6Si/c1-24-17-18-38(22-26-11-15-28(42-5)16-12-26)33(40)31(24)37-32(39)30(36)21-25-9-13-27(14-10-25)29(34(41)44-35(2,3)4)23-43-19-20-45(6,7)8/h9-18,29-30H,19-23,36H2,1-8H3,(H,37,39)/t29-,30+/m1/s1.